The second kappa shape index (κ2) is 5.97. The van der Waals surface area contributed by atoms with E-state index in [4.69, 9.17) is 22.7 Å². The smallest absolute Gasteiger partial charge is 0.167 e. The average molecular weight is 326 g/mol. The molecule has 1 aromatic heterocycles. The van der Waals surface area contributed by atoms with Gasteiger partial charge in [-0.15, -0.1) is 0 Å². The van der Waals surface area contributed by atoms with E-state index in [1.54, 1.807) is 6.20 Å². The fraction of sp³-hybridized carbons (Fsp3) is 0.167. The summed E-state index contributed by atoms with van der Waals surface area (Å²) < 4.78 is 8.50. The lowest BCUT2D eigenvalue weighted by molar-refractivity contribution is 0.298. The van der Waals surface area contributed by atoms with Gasteiger partial charge in [0.1, 0.15) is 17.3 Å². The van der Waals surface area contributed by atoms with E-state index in [1.807, 2.05) is 35.0 Å². The fourth-order valence-electron chi connectivity index (χ4n) is 1.53. The number of hydrogen-bond acceptors (Lipinski definition) is 3. The highest BCUT2D eigenvalue weighted by molar-refractivity contribution is 9.10. The number of nitrogens with two attached hydrogens (primary N) is 1. The first kappa shape index (κ1) is 13.0. The molecule has 4 nitrogen and oxygen atoms in total. The van der Waals surface area contributed by atoms with E-state index in [9.17, 15) is 0 Å². The molecule has 0 amide bonds. The zero-order chi connectivity index (χ0) is 13.0. The Labute approximate surface area is 119 Å². The molecule has 0 saturated carbocycles. The maximum Gasteiger partial charge on any atom is 0.167 e. The van der Waals surface area contributed by atoms with Gasteiger partial charge < -0.3 is 15.0 Å². The van der Waals surface area contributed by atoms with Gasteiger partial charge in [0, 0.05) is 16.9 Å². The Bertz CT molecular complexity index is 556. The third-order valence-corrected chi connectivity index (χ3v) is 3.01. The summed E-state index contributed by atoms with van der Waals surface area (Å²) in [7, 11) is 0. The summed E-state index contributed by atoms with van der Waals surface area (Å²) in [6, 6.07) is 7.71. The molecule has 2 rings (SSSR count). The van der Waals surface area contributed by atoms with Crippen molar-refractivity contribution in [1.82, 2.24) is 9.55 Å². The van der Waals surface area contributed by atoms with Crippen LogP contribution in [-0.4, -0.2) is 21.1 Å². The Morgan fingerprint density at radius 2 is 2.33 bits per heavy atom. The standard InChI is InChI=1S/C12H12BrN3OS/c13-9-2-1-3-10(8-9)17-7-6-16-5-4-15-12(16)11(14)18/h1-5,8H,6-7H2,(H2,14,18). The number of aromatic nitrogens is 2. The van der Waals surface area contributed by atoms with Crippen LogP contribution in [0, 0.1) is 0 Å². The molecule has 0 atom stereocenters. The first-order valence-corrected chi connectivity index (χ1v) is 6.56. The average Bonchev–Trinajstić information content (AvgIpc) is 2.77. The van der Waals surface area contributed by atoms with Crippen LogP contribution in [0.4, 0.5) is 0 Å². The van der Waals surface area contributed by atoms with Crippen molar-refractivity contribution in [2.24, 2.45) is 5.73 Å². The third kappa shape index (κ3) is 3.30. The quantitative estimate of drug-likeness (QED) is 0.857. The van der Waals surface area contributed by atoms with Gasteiger partial charge in [-0.25, -0.2) is 4.98 Å². The highest BCUT2D eigenvalue weighted by atomic mass is 79.9. The van der Waals surface area contributed by atoms with Crippen LogP contribution in [0.3, 0.4) is 0 Å². The highest BCUT2D eigenvalue weighted by Crippen LogP contribution is 2.17. The molecule has 0 bridgehead atoms. The van der Waals surface area contributed by atoms with Crippen LogP contribution in [0.25, 0.3) is 0 Å². The number of benzene rings is 1. The first-order chi connectivity index (χ1) is 8.66. The van der Waals surface area contributed by atoms with Crippen molar-refractivity contribution in [3.63, 3.8) is 0 Å². The van der Waals surface area contributed by atoms with Gasteiger partial charge in [-0.3, -0.25) is 0 Å². The summed E-state index contributed by atoms with van der Waals surface area (Å²) in [5.74, 6) is 1.43. The molecule has 18 heavy (non-hydrogen) atoms. The summed E-state index contributed by atoms with van der Waals surface area (Å²) >= 11 is 8.31. The zero-order valence-electron chi connectivity index (χ0n) is 9.54. The molecule has 0 aliphatic carbocycles. The van der Waals surface area contributed by atoms with Gasteiger partial charge in [0.25, 0.3) is 0 Å². The summed E-state index contributed by atoms with van der Waals surface area (Å²) in [4.78, 5) is 4.38. The summed E-state index contributed by atoms with van der Waals surface area (Å²) in [5.41, 5.74) is 5.56. The molecule has 0 fully saturated rings. The number of thiocarbonyl (C=S) groups is 1. The topological polar surface area (TPSA) is 53.1 Å². The van der Waals surface area contributed by atoms with Crippen molar-refractivity contribution in [2.45, 2.75) is 6.54 Å². The predicted octanol–water partition coefficient (Wildman–Crippen LogP) is 2.36. The van der Waals surface area contributed by atoms with E-state index in [0.29, 0.717) is 24.0 Å². The monoisotopic (exact) mass is 325 g/mol. The molecule has 0 aliphatic rings. The molecule has 0 radical (unpaired) electrons. The third-order valence-electron chi connectivity index (χ3n) is 2.33. The second-order valence-electron chi connectivity index (χ2n) is 3.61. The van der Waals surface area contributed by atoms with Gasteiger partial charge >= 0.3 is 0 Å². The van der Waals surface area contributed by atoms with E-state index in [2.05, 4.69) is 20.9 Å². The maximum absolute atomic E-state index is 5.63. The Hall–Kier alpha value is -1.40. The zero-order valence-corrected chi connectivity index (χ0v) is 11.9. The number of rotatable bonds is 5. The van der Waals surface area contributed by atoms with Crippen LogP contribution < -0.4 is 10.5 Å². The molecular weight excluding hydrogens is 314 g/mol. The van der Waals surface area contributed by atoms with Gasteiger partial charge in [-0.05, 0) is 18.2 Å². The number of nitrogens with zero attached hydrogens (tertiary/aromatic N) is 2. The molecule has 1 aromatic carbocycles. The molecule has 2 aromatic rings. The lowest BCUT2D eigenvalue weighted by Gasteiger charge is -2.09. The van der Waals surface area contributed by atoms with Crippen molar-refractivity contribution in [2.75, 3.05) is 6.61 Å². The van der Waals surface area contributed by atoms with Crippen LogP contribution in [-0.2, 0) is 6.54 Å². The van der Waals surface area contributed by atoms with Crippen molar-refractivity contribution < 1.29 is 4.74 Å². The predicted molar refractivity (Wildman–Crippen MR) is 77.8 cm³/mol. The van der Waals surface area contributed by atoms with Gasteiger partial charge in [0.2, 0.25) is 0 Å². The minimum atomic E-state index is 0.294. The number of halogens is 1. The summed E-state index contributed by atoms with van der Waals surface area (Å²) in [5, 5.41) is 0. The van der Waals surface area contributed by atoms with Gasteiger partial charge in [-0.2, -0.15) is 0 Å². The SMILES string of the molecule is NC(=S)c1nccn1CCOc1cccc(Br)c1. The molecule has 0 saturated heterocycles. The largest absolute Gasteiger partial charge is 0.492 e. The van der Waals surface area contributed by atoms with E-state index >= 15 is 0 Å². The minimum absolute atomic E-state index is 0.294. The van der Waals surface area contributed by atoms with Crippen LogP contribution in [0.15, 0.2) is 41.1 Å². The minimum Gasteiger partial charge on any atom is -0.492 e. The van der Waals surface area contributed by atoms with Crippen LogP contribution in [0.2, 0.25) is 0 Å². The second-order valence-corrected chi connectivity index (χ2v) is 4.97. The summed E-state index contributed by atoms with van der Waals surface area (Å²) in [6.07, 6.45) is 3.51. The first-order valence-electron chi connectivity index (χ1n) is 5.36. The molecule has 1 heterocycles. The van der Waals surface area contributed by atoms with E-state index in [1.165, 1.54) is 0 Å². The Kier molecular flexibility index (Phi) is 4.33. The lowest BCUT2D eigenvalue weighted by Crippen LogP contribution is -2.19. The van der Waals surface area contributed by atoms with E-state index in [-0.39, 0.29) is 0 Å². The maximum atomic E-state index is 5.63. The van der Waals surface area contributed by atoms with Crippen LogP contribution in [0.5, 0.6) is 5.75 Å². The Morgan fingerprint density at radius 3 is 3.06 bits per heavy atom. The summed E-state index contributed by atoms with van der Waals surface area (Å²) in [6.45, 7) is 1.18. The van der Waals surface area contributed by atoms with Crippen LogP contribution >= 0.6 is 28.1 Å². The van der Waals surface area contributed by atoms with E-state index < -0.39 is 0 Å². The number of ether oxygens (including phenoxy) is 1. The Balaban J connectivity index is 1.92. The highest BCUT2D eigenvalue weighted by Gasteiger charge is 2.05. The molecule has 0 aliphatic heterocycles. The van der Waals surface area contributed by atoms with Gasteiger partial charge in [0.05, 0.1) is 6.54 Å². The molecule has 0 unspecified atom stereocenters. The molecule has 94 valence electrons. The molecular formula is C12H12BrN3OS. The van der Waals surface area contributed by atoms with E-state index in [0.717, 1.165) is 10.2 Å². The molecule has 0 spiro atoms. The van der Waals surface area contributed by atoms with Crippen molar-refractivity contribution >= 4 is 33.1 Å². The number of hydrogen-bond donors (Lipinski definition) is 1. The fourth-order valence-corrected chi connectivity index (χ4v) is 2.08. The molecule has 6 heteroatoms. The van der Waals surface area contributed by atoms with Gasteiger partial charge in [-0.1, -0.05) is 34.2 Å². The normalized spacial score (nSPS) is 10.3. The van der Waals surface area contributed by atoms with Crippen molar-refractivity contribution in [3.8, 4) is 5.75 Å². The van der Waals surface area contributed by atoms with Crippen molar-refractivity contribution in [3.05, 3.63) is 47.0 Å². The lowest BCUT2D eigenvalue weighted by atomic mass is 10.3. The molecule has 2 N–H and O–H groups in total. The van der Waals surface area contributed by atoms with Crippen molar-refractivity contribution in [1.29, 1.82) is 0 Å². The van der Waals surface area contributed by atoms with Gasteiger partial charge in [0.15, 0.2) is 5.82 Å². The van der Waals surface area contributed by atoms with Crippen LogP contribution in [0.1, 0.15) is 5.82 Å². The Morgan fingerprint density at radius 1 is 1.50 bits per heavy atom. The number of imidazole rings is 1.